The Hall–Kier alpha value is -0.510. The largest absolute Gasteiger partial charge is 0.252 e. The van der Waals surface area contributed by atoms with Gasteiger partial charge < -0.3 is 0 Å². The maximum Gasteiger partial charge on any atom is 0.115 e. The molecule has 0 fully saturated rings. The molecule has 0 atom stereocenters. The first-order valence-corrected chi connectivity index (χ1v) is 5.84. The first-order chi connectivity index (χ1) is 6.70. The van der Waals surface area contributed by atoms with Gasteiger partial charge in [-0.05, 0) is 18.4 Å². The Morgan fingerprint density at radius 2 is 1.79 bits per heavy atom. The van der Waals surface area contributed by atoms with Crippen molar-refractivity contribution in [2.45, 2.75) is 5.03 Å². The number of thioether (sulfide) groups is 1. The van der Waals surface area contributed by atoms with E-state index in [4.69, 9.17) is 23.2 Å². The van der Waals surface area contributed by atoms with Crippen molar-refractivity contribution in [2.24, 2.45) is 0 Å². The van der Waals surface area contributed by atoms with E-state index in [1.807, 2.05) is 6.26 Å². The van der Waals surface area contributed by atoms with E-state index in [1.54, 1.807) is 30.1 Å². The van der Waals surface area contributed by atoms with Crippen molar-refractivity contribution in [1.82, 2.24) is 9.97 Å². The smallest absolute Gasteiger partial charge is 0.115 e. The van der Waals surface area contributed by atoms with Crippen molar-refractivity contribution in [2.75, 3.05) is 6.26 Å². The van der Waals surface area contributed by atoms with Crippen LogP contribution in [-0.2, 0) is 0 Å². The van der Waals surface area contributed by atoms with Crippen LogP contribution in [0, 0.1) is 0 Å². The van der Waals surface area contributed by atoms with Crippen LogP contribution in [0.1, 0.15) is 0 Å². The van der Waals surface area contributed by atoms with Gasteiger partial charge in [0.05, 0.1) is 27.3 Å². The van der Waals surface area contributed by atoms with E-state index in [9.17, 15) is 0 Å². The van der Waals surface area contributed by atoms with Gasteiger partial charge in [0.1, 0.15) is 5.03 Å². The number of fused-ring (bicyclic) bond motifs is 1. The summed E-state index contributed by atoms with van der Waals surface area (Å²) in [5.74, 6) is 0. The number of halogens is 2. The maximum atomic E-state index is 5.88. The summed E-state index contributed by atoms with van der Waals surface area (Å²) in [6.07, 6.45) is 3.67. The summed E-state index contributed by atoms with van der Waals surface area (Å²) < 4.78 is 0. The summed E-state index contributed by atoms with van der Waals surface area (Å²) in [5, 5.41) is 1.88. The van der Waals surface area contributed by atoms with Crippen LogP contribution in [0.25, 0.3) is 11.0 Å². The van der Waals surface area contributed by atoms with E-state index in [0.29, 0.717) is 10.0 Å². The Bertz CT molecular complexity index is 487. The molecule has 0 spiro atoms. The molecule has 72 valence electrons. The number of aromatic nitrogens is 2. The molecule has 0 aliphatic carbocycles. The van der Waals surface area contributed by atoms with E-state index >= 15 is 0 Å². The molecule has 0 unspecified atom stereocenters. The molecule has 0 aliphatic heterocycles. The number of hydrogen-bond donors (Lipinski definition) is 0. The first kappa shape index (κ1) is 10.0. The maximum absolute atomic E-state index is 5.88. The molecular formula is C9H6Cl2N2S. The number of rotatable bonds is 1. The van der Waals surface area contributed by atoms with E-state index < -0.39 is 0 Å². The zero-order valence-electron chi connectivity index (χ0n) is 7.29. The minimum atomic E-state index is 0.505. The summed E-state index contributed by atoms with van der Waals surface area (Å²) in [4.78, 5) is 8.58. The van der Waals surface area contributed by atoms with Crippen molar-refractivity contribution in [3.8, 4) is 0 Å². The summed E-state index contributed by atoms with van der Waals surface area (Å²) in [6, 6.07) is 3.45. The van der Waals surface area contributed by atoms with Crippen molar-refractivity contribution in [1.29, 1.82) is 0 Å². The minimum Gasteiger partial charge on any atom is -0.252 e. The van der Waals surface area contributed by atoms with Gasteiger partial charge in [0.15, 0.2) is 0 Å². The van der Waals surface area contributed by atoms with E-state index in [1.165, 1.54) is 0 Å². The fourth-order valence-electron chi connectivity index (χ4n) is 1.09. The molecule has 1 heterocycles. The van der Waals surface area contributed by atoms with Crippen LogP contribution >= 0.6 is 35.0 Å². The van der Waals surface area contributed by atoms with Gasteiger partial charge in [-0.2, -0.15) is 0 Å². The SMILES string of the molecule is CSc1cnc2cc(Cl)c(Cl)cc2n1. The molecule has 2 nitrogen and oxygen atoms in total. The third-order valence-electron chi connectivity index (χ3n) is 1.77. The molecule has 0 saturated carbocycles. The molecule has 0 amide bonds. The van der Waals surface area contributed by atoms with E-state index in [0.717, 1.165) is 16.1 Å². The highest BCUT2D eigenvalue weighted by Crippen LogP contribution is 2.26. The average molecular weight is 245 g/mol. The normalized spacial score (nSPS) is 10.8. The van der Waals surface area contributed by atoms with Gasteiger partial charge >= 0.3 is 0 Å². The first-order valence-electron chi connectivity index (χ1n) is 3.86. The predicted octanol–water partition coefficient (Wildman–Crippen LogP) is 3.66. The number of hydrogen-bond acceptors (Lipinski definition) is 3. The highest BCUT2D eigenvalue weighted by Gasteiger charge is 2.03. The van der Waals surface area contributed by atoms with Crippen molar-refractivity contribution >= 4 is 46.0 Å². The topological polar surface area (TPSA) is 25.8 Å². The quantitative estimate of drug-likeness (QED) is 0.717. The van der Waals surface area contributed by atoms with Crippen molar-refractivity contribution in [3.63, 3.8) is 0 Å². The molecule has 1 aromatic heterocycles. The summed E-state index contributed by atoms with van der Waals surface area (Å²) in [7, 11) is 0. The molecule has 0 radical (unpaired) electrons. The van der Waals surface area contributed by atoms with Gasteiger partial charge in [0, 0.05) is 0 Å². The zero-order chi connectivity index (χ0) is 10.1. The van der Waals surface area contributed by atoms with Gasteiger partial charge in [-0.15, -0.1) is 11.8 Å². The third kappa shape index (κ3) is 1.80. The van der Waals surface area contributed by atoms with E-state index in [2.05, 4.69) is 9.97 Å². The van der Waals surface area contributed by atoms with Crippen LogP contribution in [0.3, 0.4) is 0 Å². The molecule has 2 rings (SSSR count). The van der Waals surface area contributed by atoms with Crippen LogP contribution in [0.5, 0.6) is 0 Å². The Morgan fingerprint density at radius 3 is 2.43 bits per heavy atom. The van der Waals surface area contributed by atoms with Crippen molar-refractivity contribution < 1.29 is 0 Å². The highest BCUT2D eigenvalue weighted by atomic mass is 35.5. The second kappa shape index (κ2) is 3.93. The highest BCUT2D eigenvalue weighted by molar-refractivity contribution is 7.98. The number of benzene rings is 1. The van der Waals surface area contributed by atoms with Crippen LogP contribution in [0.2, 0.25) is 10.0 Å². The molecule has 0 saturated heterocycles. The summed E-state index contributed by atoms with van der Waals surface area (Å²) in [5.41, 5.74) is 1.53. The fourth-order valence-corrected chi connectivity index (χ4v) is 1.75. The van der Waals surface area contributed by atoms with Crippen LogP contribution < -0.4 is 0 Å². The number of nitrogens with zero attached hydrogens (tertiary/aromatic N) is 2. The lowest BCUT2D eigenvalue weighted by Crippen LogP contribution is -1.86. The van der Waals surface area contributed by atoms with E-state index in [-0.39, 0.29) is 0 Å². The van der Waals surface area contributed by atoms with Gasteiger partial charge in [0.25, 0.3) is 0 Å². The predicted molar refractivity (Wildman–Crippen MR) is 61.3 cm³/mol. The lowest BCUT2D eigenvalue weighted by molar-refractivity contribution is 1.12. The Balaban J connectivity index is 2.70. The zero-order valence-corrected chi connectivity index (χ0v) is 9.62. The van der Waals surface area contributed by atoms with Gasteiger partial charge in [-0.1, -0.05) is 23.2 Å². The van der Waals surface area contributed by atoms with Gasteiger partial charge in [-0.25, -0.2) is 4.98 Å². The summed E-state index contributed by atoms with van der Waals surface area (Å²) in [6.45, 7) is 0. The van der Waals surface area contributed by atoms with Gasteiger partial charge in [0.2, 0.25) is 0 Å². The average Bonchev–Trinajstić information content (AvgIpc) is 2.19. The molecule has 0 N–H and O–H groups in total. The molecule has 1 aromatic carbocycles. The molecule has 14 heavy (non-hydrogen) atoms. The second-order valence-corrected chi connectivity index (χ2v) is 4.31. The van der Waals surface area contributed by atoms with Gasteiger partial charge in [-0.3, -0.25) is 4.98 Å². The lowest BCUT2D eigenvalue weighted by Gasteiger charge is -2.01. The Morgan fingerprint density at radius 1 is 1.14 bits per heavy atom. The lowest BCUT2D eigenvalue weighted by atomic mass is 10.3. The monoisotopic (exact) mass is 244 g/mol. The van der Waals surface area contributed by atoms with Crippen LogP contribution in [-0.4, -0.2) is 16.2 Å². The molecule has 5 heteroatoms. The Kier molecular flexibility index (Phi) is 2.81. The van der Waals surface area contributed by atoms with Crippen LogP contribution in [0.15, 0.2) is 23.4 Å². The summed E-state index contributed by atoms with van der Waals surface area (Å²) >= 11 is 13.3. The van der Waals surface area contributed by atoms with Crippen molar-refractivity contribution in [3.05, 3.63) is 28.4 Å². The van der Waals surface area contributed by atoms with Crippen LogP contribution in [0.4, 0.5) is 0 Å². The second-order valence-electron chi connectivity index (χ2n) is 2.67. The molecule has 0 aliphatic rings. The molecule has 0 bridgehead atoms. The Labute approximate surface area is 95.6 Å². The fraction of sp³-hybridized carbons (Fsp3) is 0.111. The molecular weight excluding hydrogens is 239 g/mol. The standard InChI is InChI=1S/C9H6Cl2N2S/c1-14-9-4-12-7-2-5(10)6(11)3-8(7)13-9/h2-4H,1H3. The minimum absolute atomic E-state index is 0.505. The third-order valence-corrected chi connectivity index (χ3v) is 3.11. The molecule has 2 aromatic rings.